The summed E-state index contributed by atoms with van der Waals surface area (Å²) in [7, 11) is 0. The molecule has 35 heavy (non-hydrogen) atoms. The minimum Gasteiger partial charge on any atom is -0.507 e. The van der Waals surface area contributed by atoms with Crippen molar-refractivity contribution in [3.63, 3.8) is 0 Å². The molecule has 0 spiro atoms. The maximum Gasteiger partial charge on any atom is 0.345 e. The molecule has 0 bridgehead atoms. The molecule has 0 aliphatic carbocycles. The molecular weight excluding hydrogens is 479 g/mol. The van der Waals surface area contributed by atoms with E-state index in [1.54, 1.807) is 16.0 Å². The molecule has 0 amide bonds. The quantitative estimate of drug-likeness (QED) is 0.285. The Hall–Kier alpha value is -3.30. The highest BCUT2D eigenvalue weighted by Crippen LogP contribution is 2.42. The molecule has 0 aliphatic heterocycles. The van der Waals surface area contributed by atoms with Gasteiger partial charge in [0.2, 0.25) is 0 Å². The Morgan fingerprint density at radius 2 is 1.86 bits per heavy atom. The predicted octanol–water partition coefficient (Wildman–Crippen LogP) is 6.57. The van der Waals surface area contributed by atoms with Gasteiger partial charge in [0.05, 0.1) is 18.7 Å². The van der Waals surface area contributed by atoms with Crippen LogP contribution >= 0.6 is 11.3 Å². The third kappa shape index (κ3) is 4.66. The van der Waals surface area contributed by atoms with E-state index >= 15 is 0 Å². The number of carbonyl (C=O) groups is 1. The van der Waals surface area contributed by atoms with Gasteiger partial charge in [0.1, 0.15) is 16.4 Å². The minimum atomic E-state index is -1.05. The van der Waals surface area contributed by atoms with Gasteiger partial charge in [-0.1, -0.05) is 20.8 Å². The van der Waals surface area contributed by atoms with Gasteiger partial charge in [-0.3, -0.25) is 0 Å². The van der Waals surface area contributed by atoms with Crippen LogP contribution in [0.15, 0.2) is 41.8 Å². The smallest absolute Gasteiger partial charge is 0.345 e. The summed E-state index contributed by atoms with van der Waals surface area (Å²) in [6, 6.07) is 7.28. The standard InChI is InChI=1S/C26H24F3NO4S/c1-4-17-23-20(8-15(27)9-21(23)31)30(16-5-6-18(28)19(29)10-16)24(17)26(2,3)13-34-11-14-7-22(25(32)33)35-12-14/h5-10,12,31H,4,11,13H2,1-3H3,(H,32,33). The fraction of sp³-hybridized carbons (Fsp3) is 0.269. The zero-order valence-corrected chi connectivity index (χ0v) is 20.2. The number of hydrogen-bond donors (Lipinski definition) is 2. The SMILES string of the molecule is CCc1c(C(C)(C)COCc2csc(C(=O)O)c2)n(-c2ccc(F)c(F)c2)c2cc(F)cc(O)c12. The average molecular weight is 504 g/mol. The van der Waals surface area contributed by atoms with Crippen molar-refractivity contribution in [1.82, 2.24) is 4.57 Å². The van der Waals surface area contributed by atoms with Crippen LogP contribution in [0.3, 0.4) is 0 Å². The monoisotopic (exact) mass is 503 g/mol. The second kappa shape index (κ2) is 9.39. The average Bonchev–Trinajstić information content (AvgIpc) is 3.38. The van der Waals surface area contributed by atoms with Crippen molar-refractivity contribution in [2.45, 2.75) is 39.2 Å². The Balaban J connectivity index is 1.81. The number of carboxylic acids is 1. The molecule has 0 radical (unpaired) electrons. The van der Waals surface area contributed by atoms with Gasteiger partial charge in [0.25, 0.3) is 0 Å². The van der Waals surface area contributed by atoms with E-state index in [2.05, 4.69) is 0 Å². The van der Waals surface area contributed by atoms with Crippen LogP contribution in [0.5, 0.6) is 5.75 Å². The van der Waals surface area contributed by atoms with Crippen LogP contribution in [0.1, 0.15) is 47.3 Å². The van der Waals surface area contributed by atoms with Gasteiger partial charge in [-0.15, -0.1) is 11.3 Å². The normalized spacial score (nSPS) is 11.9. The molecule has 4 aromatic rings. The van der Waals surface area contributed by atoms with Crippen molar-refractivity contribution in [3.05, 3.63) is 80.9 Å². The van der Waals surface area contributed by atoms with E-state index in [9.17, 15) is 23.1 Å². The topological polar surface area (TPSA) is 71.7 Å². The van der Waals surface area contributed by atoms with E-state index in [0.717, 1.165) is 40.7 Å². The first-order valence-corrected chi connectivity index (χ1v) is 11.8. The van der Waals surface area contributed by atoms with Crippen molar-refractivity contribution in [2.24, 2.45) is 0 Å². The number of aromatic hydroxyl groups is 1. The number of rotatable bonds is 8. The highest BCUT2D eigenvalue weighted by atomic mass is 32.1. The van der Waals surface area contributed by atoms with E-state index in [1.165, 1.54) is 12.1 Å². The molecule has 0 unspecified atom stereocenters. The zero-order valence-electron chi connectivity index (χ0n) is 19.4. The second-order valence-corrected chi connectivity index (χ2v) is 9.85. The minimum absolute atomic E-state index is 0.181. The molecule has 2 N–H and O–H groups in total. The van der Waals surface area contributed by atoms with Crippen LogP contribution in [0, 0.1) is 17.5 Å². The number of aromatic carboxylic acids is 1. The first-order chi connectivity index (χ1) is 16.5. The molecule has 2 heterocycles. The lowest BCUT2D eigenvalue weighted by molar-refractivity contribution is 0.0700. The first-order valence-electron chi connectivity index (χ1n) is 10.9. The Kier molecular flexibility index (Phi) is 6.66. The number of aromatic nitrogens is 1. The van der Waals surface area contributed by atoms with Gasteiger partial charge in [-0.05, 0) is 47.2 Å². The molecule has 5 nitrogen and oxygen atoms in total. The maximum absolute atomic E-state index is 14.4. The molecule has 0 fully saturated rings. The van der Waals surface area contributed by atoms with Crippen molar-refractivity contribution in [3.8, 4) is 11.4 Å². The molecule has 184 valence electrons. The summed E-state index contributed by atoms with van der Waals surface area (Å²) in [6.07, 6.45) is 0.484. The molecule has 4 rings (SSSR count). The highest BCUT2D eigenvalue weighted by molar-refractivity contribution is 7.12. The third-order valence-electron chi connectivity index (χ3n) is 5.87. The van der Waals surface area contributed by atoms with Gasteiger partial charge in [-0.25, -0.2) is 18.0 Å². The number of aryl methyl sites for hydroxylation is 1. The lowest BCUT2D eigenvalue weighted by atomic mass is 9.86. The van der Waals surface area contributed by atoms with Crippen molar-refractivity contribution < 1.29 is 32.9 Å². The summed E-state index contributed by atoms with van der Waals surface area (Å²) in [4.78, 5) is 11.3. The number of ether oxygens (including phenoxy) is 1. The van der Waals surface area contributed by atoms with E-state index in [0.29, 0.717) is 23.0 Å². The Morgan fingerprint density at radius 3 is 2.49 bits per heavy atom. The molecular formula is C26H24F3NO4S. The fourth-order valence-electron chi connectivity index (χ4n) is 4.44. The summed E-state index contributed by atoms with van der Waals surface area (Å²) in [6.45, 7) is 6.06. The summed E-state index contributed by atoms with van der Waals surface area (Å²) in [5, 5.41) is 21.9. The van der Waals surface area contributed by atoms with Gasteiger partial charge in [-0.2, -0.15) is 0 Å². The first kappa shape index (κ1) is 24.8. The lowest BCUT2D eigenvalue weighted by Gasteiger charge is -2.28. The highest BCUT2D eigenvalue weighted by Gasteiger charge is 2.32. The van der Waals surface area contributed by atoms with E-state index < -0.39 is 28.8 Å². The van der Waals surface area contributed by atoms with Crippen LogP contribution < -0.4 is 0 Å². The van der Waals surface area contributed by atoms with Crippen molar-refractivity contribution >= 4 is 28.2 Å². The van der Waals surface area contributed by atoms with Crippen LogP contribution in [0.4, 0.5) is 13.2 Å². The molecule has 0 aliphatic rings. The molecule has 2 aromatic carbocycles. The van der Waals surface area contributed by atoms with E-state index in [1.807, 2.05) is 20.8 Å². The number of halogens is 3. The Morgan fingerprint density at radius 1 is 1.11 bits per heavy atom. The van der Waals surface area contributed by atoms with Crippen LogP contribution in [-0.4, -0.2) is 27.4 Å². The van der Waals surface area contributed by atoms with Crippen LogP contribution in [0.25, 0.3) is 16.6 Å². The van der Waals surface area contributed by atoms with Gasteiger partial charge >= 0.3 is 5.97 Å². The number of nitrogens with zero attached hydrogens (tertiary/aromatic N) is 1. The van der Waals surface area contributed by atoms with Gasteiger partial charge in [0, 0.05) is 34.3 Å². The van der Waals surface area contributed by atoms with E-state index in [4.69, 9.17) is 9.84 Å². The number of thiophene rings is 1. The zero-order chi connectivity index (χ0) is 25.5. The number of benzene rings is 2. The molecule has 0 saturated carbocycles. The predicted molar refractivity (Wildman–Crippen MR) is 128 cm³/mol. The number of phenols is 1. The van der Waals surface area contributed by atoms with E-state index in [-0.39, 0.29) is 29.5 Å². The van der Waals surface area contributed by atoms with Crippen molar-refractivity contribution in [1.29, 1.82) is 0 Å². The fourth-order valence-corrected chi connectivity index (χ4v) is 5.18. The summed E-state index contributed by atoms with van der Waals surface area (Å²) < 4.78 is 49.8. The second-order valence-electron chi connectivity index (χ2n) is 8.93. The molecule has 9 heteroatoms. The van der Waals surface area contributed by atoms with Gasteiger partial charge in [0.15, 0.2) is 11.6 Å². The lowest BCUT2D eigenvalue weighted by Crippen LogP contribution is -2.28. The van der Waals surface area contributed by atoms with Crippen molar-refractivity contribution in [2.75, 3.05) is 6.61 Å². The molecule has 2 aromatic heterocycles. The van der Waals surface area contributed by atoms with Gasteiger partial charge < -0.3 is 19.5 Å². The van der Waals surface area contributed by atoms with Crippen LogP contribution in [-0.2, 0) is 23.2 Å². The Labute approximate surface area is 204 Å². The molecule has 0 saturated heterocycles. The molecule has 0 atom stereocenters. The number of fused-ring (bicyclic) bond motifs is 1. The van der Waals surface area contributed by atoms with Crippen LogP contribution in [0.2, 0.25) is 0 Å². The number of carboxylic acid groups (broad SMARTS) is 1. The summed E-state index contributed by atoms with van der Waals surface area (Å²) in [5.74, 6) is -3.95. The largest absolute Gasteiger partial charge is 0.507 e. The number of hydrogen-bond acceptors (Lipinski definition) is 4. The summed E-state index contributed by atoms with van der Waals surface area (Å²) in [5.41, 5.74) is 2.02. The number of phenolic OH excluding ortho intramolecular Hbond substituents is 1. The summed E-state index contributed by atoms with van der Waals surface area (Å²) >= 11 is 1.11. The Bertz CT molecular complexity index is 1420. The third-order valence-corrected chi connectivity index (χ3v) is 6.83. The maximum atomic E-state index is 14.4.